The normalized spacial score (nSPS) is 10.4. The summed E-state index contributed by atoms with van der Waals surface area (Å²) in [6, 6.07) is 8.27. The van der Waals surface area contributed by atoms with E-state index in [1.807, 2.05) is 23.7 Å². The Bertz CT molecular complexity index is 419. The fraction of sp³-hybridized carbons (Fsp3) is 0.200. The van der Waals surface area contributed by atoms with E-state index in [2.05, 4.69) is 28.7 Å². The van der Waals surface area contributed by atoms with Crippen molar-refractivity contribution in [3.05, 3.63) is 36.2 Å². The number of benzene rings is 1. The monoisotopic (exact) mass is 205 g/mol. The molecule has 0 bridgehead atoms. The molecule has 0 amide bonds. The first-order valence-corrected chi connectivity index (χ1v) is 5.55. The zero-order valence-electron chi connectivity index (χ0n) is 8.14. The quantitative estimate of drug-likeness (QED) is 0.705. The molecule has 1 aromatic carbocycles. The summed E-state index contributed by atoms with van der Waals surface area (Å²) < 4.78 is 1.82. The third-order valence-corrected chi connectivity index (χ3v) is 2.78. The molecule has 14 heavy (non-hydrogen) atoms. The van der Waals surface area contributed by atoms with Crippen molar-refractivity contribution in [2.75, 3.05) is 6.26 Å². The topological polar surface area (TPSA) is 30.7 Å². The Balaban J connectivity index is 2.39. The number of thioether (sulfide) groups is 1. The Morgan fingerprint density at radius 3 is 2.43 bits per heavy atom. The van der Waals surface area contributed by atoms with Crippen molar-refractivity contribution in [1.82, 2.24) is 15.0 Å². The molecule has 0 saturated carbocycles. The lowest BCUT2D eigenvalue weighted by Crippen LogP contribution is -1.98. The minimum atomic E-state index is 1.04. The molecule has 4 heteroatoms. The van der Waals surface area contributed by atoms with E-state index in [1.165, 1.54) is 4.90 Å². The van der Waals surface area contributed by atoms with Crippen LogP contribution in [-0.4, -0.2) is 21.2 Å². The van der Waals surface area contributed by atoms with E-state index in [4.69, 9.17) is 0 Å². The molecule has 0 aliphatic rings. The molecule has 2 aromatic rings. The van der Waals surface area contributed by atoms with Gasteiger partial charge in [0.2, 0.25) is 0 Å². The first-order chi connectivity index (χ1) is 6.81. The summed E-state index contributed by atoms with van der Waals surface area (Å²) in [4.78, 5) is 1.26. The van der Waals surface area contributed by atoms with Gasteiger partial charge in [-0.1, -0.05) is 5.21 Å². The molecule has 2 rings (SSSR count). The minimum absolute atomic E-state index is 1.04. The van der Waals surface area contributed by atoms with Gasteiger partial charge in [-0.3, -0.25) is 0 Å². The summed E-state index contributed by atoms with van der Waals surface area (Å²) >= 11 is 1.73. The van der Waals surface area contributed by atoms with Crippen LogP contribution < -0.4 is 0 Å². The third-order valence-electron chi connectivity index (χ3n) is 2.04. The van der Waals surface area contributed by atoms with Crippen LogP contribution in [0.3, 0.4) is 0 Å². The molecule has 0 N–H and O–H groups in total. The summed E-state index contributed by atoms with van der Waals surface area (Å²) in [5.74, 6) is 0. The lowest BCUT2D eigenvalue weighted by atomic mass is 10.3. The van der Waals surface area contributed by atoms with Gasteiger partial charge in [0.15, 0.2) is 0 Å². The second-order valence-corrected chi connectivity index (χ2v) is 3.86. The van der Waals surface area contributed by atoms with Crippen LogP contribution in [0.1, 0.15) is 5.69 Å². The highest BCUT2D eigenvalue weighted by atomic mass is 32.2. The molecule has 1 heterocycles. The van der Waals surface area contributed by atoms with Crippen molar-refractivity contribution in [3.8, 4) is 5.69 Å². The summed E-state index contributed by atoms with van der Waals surface area (Å²) in [7, 11) is 0. The predicted octanol–water partition coefficient (Wildman–Crippen LogP) is 2.30. The van der Waals surface area contributed by atoms with Crippen molar-refractivity contribution in [2.24, 2.45) is 0 Å². The van der Waals surface area contributed by atoms with E-state index < -0.39 is 0 Å². The van der Waals surface area contributed by atoms with Crippen LogP contribution in [0, 0.1) is 6.92 Å². The van der Waals surface area contributed by atoms with E-state index in [9.17, 15) is 0 Å². The molecule has 72 valence electrons. The number of hydrogen-bond acceptors (Lipinski definition) is 3. The van der Waals surface area contributed by atoms with E-state index in [-0.39, 0.29) is 0 Å². The van der Waals surface area contributed by atoms with E-state index >= 15 is 0 Å². The predicted molar refractivity (Wildman–Crippen MR) is 57.9 cm³/mol. The maximum atomic E-state index is 4.00. The molecule has 0 aliphatic carbocycles. The highest BCUT2D eigenvalue weighted by molar-refractivity contribution is 7.98. The van der Waals surface area contributed by atoms with E-state index in [0.717, 1.165) is 11.4 Å². The van der Waals surface area contributed by atoms with Gasteiger partial charge in [-0.25, -0.2) is 4.68 Å². The minimum Gasteiger partial charge on any atom is -0.218 e. The van der Waals surface area contributed by atoms with Crippen molar-refractivity contribution in [3.63, 3.8) is 0 Å². The van der Waals surface area contributed by atoms with Gasteiger partial charge in [-0.2, -0.15) is 0 Å². The fourth-order valence-corrected chi connectivity index (χ4v) is 1.67. The molecule has 0 spiro atoms. The van der Waals surface area contributed by atoms with Gasteiger partial charge in [0.1, 0.15) is 0 Å². The van der Waals surface area contributed by atoms with Gasteiger partial charge in [0.25, 0.3) is 0 Å². The Morgan fingerprint density at radius 2 is 1.93 bits per heavy atom. The van der Waals surface area contributed by atoms with Crippen molar-refractivity contribution < 1.29 is 0 Å². The van der Waals surface area contributed by atoms with Gasteiger partial charge < -0.3 is 0 Å². The molecule has 0 unspecified atom stereocenters. The molecule has 0 fully saturated rings. The first-order valence-electron chi connectivity index (χ1n) is 4.33. The lowest BCUT2D eigenvalue weighted by molar-refractivity contribution is 0.784. The molecule has 0 radical (unpaired) electrons. The summed E-state index contributed by atoms with van der Waals surface area (Å²) in [6.07, 6.45) is 3.82. The second kappa shape index (κ2) is 3.84. The number of hydrogen-bond donors (Lipinski definition) is 0. The van der Waals surface area contributed by atoms with Gasteiger partial charge in [-0.05, 0) is 37.4 Å². The number of aromatic nitrogens is 3. The molecule has 0 atom stereocenters. The van der Waals surface area contributed by atoms with Gasteiger partial charge in [-0.15, -0.1) is 16.9 Å². The summed E-state index contributed by atoms with van der Waals surface area (Å²) in [5, 5.41) is 7.85. The number of aryl methyl sites for hydroxylation is 1. The standard InChI is InChI=1S/C10H11N3S/c1-8-7-11-12-13(8)9-3-5-10(14-2)6-4-9/h3-7H,1-2H3. The van der Waals surface area contributed by atoms with Gasteiger partial charge in [0.05, 0.1) is 17.6 Å². The SMILES string of the molecule is CSc1ccc(-n2nncc2C)cc1. The van der Waals surface area contributed by atoms with Crippen LogP contribution in [0.15, 0.2) is 35.4 Å². The Labute approximate surface area is 87.1 Å². The van der Waals surface area contributed by atoms with Crippen molar-refractivity contribution in [2.45, 2.75) is 11.8 Å². The Kier molecular flexibility index (Phi) is 2.54. The highest BCUT2D eigenvalue weighted by Crippen LogP contribution is 2.17. The van der Waals surface area contributed by atoms with Gasteiger partial charge >= 0.3 is 0 Å². The molecule has 3 nitrogen and oxygen atoms in total. The van der Waals surface area contributed by atoms with Gasteiger partial charge in [0, 0.05) is 4.90 Å². The lowest BCUT2D eigenvalue weighted by Gasteiger charge is -2.03. The fourth-order valence-electron chi connectivity index (χ4n) is 1.26. The Morgan fingerprint density at radius 1 is 1.21 bits per heavy atom. The summed E-state index contributed by atoms with van der Waals surface area (Å²) in [5.41, 5.74) is 2.10. The zero-order valence-corrected chi connectivity index (χ0v) is 8.95. The third kappa shape index (κ3) is 1.65. The van der Waals surface area contributed by atoms with Crippen molar-refractivity contribution >= 4 is 11.8 Å². The highest BCUT2D eigenvalue weighted by Gasteiger charge is 2.00. The average Bonchev–Trinajstić information content (AvgIpc) is 2.65. The van der Waals surface area contributed by atoms with Crippen LogP contribution in [-0.2, 0) is 0 Å². The van der Waals surface area contributed by atoms with E-state index in [0.29, 0.717) is 0 Å². The molecule has 1 aromatic heterocycles. The van der Waals surface area contributed by atoms with Crippen LogP contribution in [0.2, 0.25) is 0 Å². The number of nitrogens with zero attached hydrogens (tertiary/aromatic N) is 3. The molecular formula is C10H11N3S. The molecule has 0 saturated heterocycles. The Hall–Kier alpha value is -1.29. The maximum absolute atomic E-state index is 4.00. The zero-order chi connectivity index (χ0) is 9.97. The average molecular weight is 205 g/mol. The second-order valence-electron chi connectivity index (χ2n) is 2.99. The van der Waals surface area contributed by atoms with Crippen LogP contribution in [0.25, 0.3) is 5.69 Å². The smallest absolute Gasteiger partial charge is 0.0726 e. The molecule has 0 aliphatic heterocycles. The first kappa shape index (κ1) is 9.27. The van der Waals surface area contributed by atoms with E-state index in [1.54, 1.807) is 18.0 Å². The van der Waals surface area contributed by atoms with Crippen molar-refractivity contribution in [1.29, 1.82) is 0 Å². The number of rotatable bonds is 2. The van der Waals surface area contributed by atoms with Crippen LogP contribution in [0.4, 0.5) is 0 Å². The largest absolute Gasteiger partial charge is 0.218 e. The molecular weight excluding hydrogens is 194 g/mol. The summed E-state index contributed by atoms with van der Waals surface area (Å²) in [6.45, 7) is 1.99. The van der Waals surface area contributed by atoms with Crippen LogP contribution in [0.5, 0.6) is 0 Å². The van der Waals surface area contributed by atoms with Crippen LogP contribution >= 0.6 is 11.8 Å². The maximum Gasteiger partial charge on any atom is 0.0726 e.